The maximum absolute atomic E-state index is 12.8. The van der Waals surface area contributed by atoms with Crippen molar-refractivity contribution in [1.29, 1.82) is 0 Å². The van der Waals surface area contributed by atoms with Crippen LogP contribution in [0.3, 0.4) is 0 Å². The SMILES string of the molecule is CC1(C(=O)c2ccc(C(F)(F)F)cc2CO)CCCCC1.CC1(C2(O)OCc3cc(C(F)(F)F)ccc32)CCCCC1. The largest absolute Gasteiger partial charge is 0.416 e. The Morgan fingerprint density at radius 2 is 1.33 bits per heavy atom. The number of alkyl halides is 6. The molecule has 1 aliphatic heterocycles. The van der Waals surface area contributed by atoms with Crippen LogP contribution in [0.25, 0.3) is 0 Å². The molecule has 0 bridgehead atoms. The Balaban J connectivity index is 0.000000193. The van der Waals surface area contributed by atoms with E-state index in [1.165, 1.54) is 12.1 Å². The zero-order valence-electron chi connectivity index (χ0n) is 23.9. The van der Waals surface area contributed by atoms with Gasteiger partial charge in [0, 0.05) is 22.0 Å². The van der Waals surface area contributed by atoms with Crippen molar-refractivity contribution in [3.8, 4) is 0 Å². The first-order valence-electron chi connectivity index (χ1n) is 14.5. The highest BCUT2D eigenvalue weighted by Gasteiger charge is 2.53. The van der Waals surface area contributed by atoms with Crippen LogP contribution in [0.5, 0.6) is 0 Å². The lowest BCUT2D eigenvalue weighted by Crippen LogP contribution is -2.45. The molecule has 2 N–H and O–H groups in total. The van der Waals surface area contributed by atoms with Crippen molar-refractivity contribution in [1.82, 2.24) is 0 Å². The van der Waals surface area contributed by atoms with E-state index in [0.717, 1.165) is 88.5 Å². The van der Waals surface area contributed by atoms with Crippen LogP contribution in [0.4, 0.5) is 26.3 Å². The first-order chi connectivity index (χ1) is 19.5. The van der Waals surface area contributed by atoms with Crippen molar-refractivity contribution < 1.29 is 46.1 Å². The molecule has 4 nitrogen and oxygen atoms in total. The van der Waals surface area contributed by atoms with Crippen LogP contribution in [-0.4, -0.2) is 16.0 Å². The van der Waals surface area contributed by atoms with Gasteiger partial charge in [-0.05, 0) is 61.1 Å². The summed E-state index contributed by atoms with van der Waals surface area (Å²) in [6.45, 7) is 3.30. The van der Waals surface area contributed by atoms with Crippen molar-refractivity contribution >= 4 is 5.78 Å². The van der Waals surface area contributed by atoms with Crippen molar-refractivity contribution in [3.05, 3.63) is 69.8 Å². The number of ketones is 1. The third kappa shape index (κ3) is 6.40. The maximum Gasteiger partial charge on any atom is 0.416 e. The van der Waals surface area contributed by atoms with Crippen LogP contribution in [0.2, 0.25) is 0 Å². The molecular formula is C32H38F6O4. The smallest absolute Gasteiger partial charge is 0.392 e. The molecule has 2 aromatic carbocycles. The number of aliphatic hydroxyl groups excluding tert-OH is 1. The molecule has 2 saturated carbocycles. The van der Waals surface area contributed by atoms with E-state index in [1.54, 1.807) is 0 Å². The molecule has 42 heavy (non-hydrogen) atoms. The fourth-order valence-corrected chi connectivity index (χ4v) is 6.66. The Morgan fingerprint density at radius 3 is 1.88 bits per heavy atom. The van der Waals surface area contributed by atoms with Crippen molar-refractivity contribution in [2.45, 2.75) is 109 Å². The number of Topliss-reactive ketones (excluding diaryl/α,β-unsaturated/α-hetero) is 1. The fourth-order valence-electron chi connectivity index (χ4n) is 6.66. The van der Waals surface area contributed by atoms with Crippen LogP contribution in [-0.2, 0) is 36.1 Å². The van der Waals surface area contributed by atoms with E-state index < -0.39 is 46.7 Å². The molecule has 2 aliphatic carbocycles. The highest BCUT2D eigenvalue weighted by molar-refractivity contribution is 6.01. The second-order valence-corrected chi connectivity index (χ2v) is 12.4. The Hall–Kier alpha value is -2.43. The molecule has 5 rings (SSSR count). The van der Waals surface area contributed by atoms with Crippen molar-refractivity contribution in [3.63, 3.8) is 0 Å². The molecule has 1 unspecified atom stereocenters. The molecule has 0 radical (unpaired) electrons. The highest BCUT2D eigenvalue weighted by Crippen LogP contribution is 2.54. The maximum atomic E-state index is 12.8. The fraction of sp³-hybridized carbons (Fsp3) is 0.594. The van der Waals surface area contributed by atoms with Gasteiger partial charge in [-0.2, -0.15) is 26.3 Å². The molecule has 10 heteroatoms. The molecule has 3 aliphatic rings. The molecule has 1 heterocycles. The minimum absolute atomic E-state index is 0.0331. The number of ether oxygens (including phenoxy) is 1. The summed E-state index contributed by atoms with van der Waals surface area (Å²) in [6, 6.07) is 6.50. The third-order valence-electron chi connectivity index (χ3n) is 9.36. The number of benzene rings is 2. The van der Waals surface area contributed by atoms with Gasteiger partial charge in [-0.25, -0.2) is 0 Å². The summed E-state index contributed by atoms with van der Waals surface area (Å²) in [5.41, 5.74) is -1.27. The second-order valence-electron chi connectivity index (χ2n) is 12.4. The minimum Gasteiger partial charge on any atom is -0.392 e. The quantitative estimate of drug-likeness (QED) is 0.272. The van der Waals surface area contributed by atoms with Gasteiger partial charge in [0.25, 0.3) is 0 Å². The van der Waals surface area contributed by atoms with E-state index in [0.29, 0.717) is 11.1 Å². The van der Waals surface area contributed by atoms with Gasteiger partial charge in [0.05, 0.1) is 24.3 Å². The van der Waals surface area contributed by atoms with E-state index >= 15 is 0 Å². The zero-order valence-corrected chi connectivity index (χ0v) is 23.9. The van der Waals surface area contributed by atoms with Crippen LogP contribution in [0.1, 0.15) is 116 Å². The monoisotopic (exact) mass is 600 g/mol. The van der Waals surface area contributed by atoms with Gasteiger partial charge >= 0.3 is 12.4 Å². The lowest BCUT2D eigenvalue weighted by Gasteiger charge is -2.44. The molecule has 0 aromatic heterocycles. The van der Waals surface area contributed by atoms with Gasteiger partial charge in [0.1, 0.15) is 0 Å². The lowest BCUT2D eigenvalue weighted by molar-refractivity contribution is -0.280. The average molecular weight is 601 g/mol. The number of hydrogen-bond acceptors (Lipinski definition) is 4. The standard InChI is InChI=1S/2C16H19F3O2/c1-14(7-3-2-4-8-14)15(20)13-6-5-12(16(17,18)19)9-11(13)10-21-15;1-15(7-3-2-4-8-15)14(21)13-6-5-12(16(17,18)19)9-11(13)10-20/h2*5-6,9,20H,2-4,7-8,10H2,1H3. The molecular weight excluding hydrogens is 562 g/mol. The van der Waals surface area contributed by atoms with Crippen molar-refractivity contribution in [2.75, 3.05) is 0 Å². The van der Waals surface area contributed by atoms with Crippen LogP contribution < -0.4 is 0 Å². The summed E-state index contributed by atoms with van der Waals surface area (Å²) in [5, 5.41) is 20.3. The van der Waals surface area contributed by atoms with E-state index in [1.807, 2.05) is 13.8 Å². The number of fused-ring (bicyclic) bond motifs is 1. The van der Waals surface area contributed by atoms with Gasteiger partial charge in [-0.3, -0.25) is 4.79 Å². The van der Waals surface area contributed by atoms with Crippen LogP contribution >= 0.6 is 0 Å². The van der Waals surface area contributed by atoms with E-state index in [9.17, 15) is 41.4 Å². The summed E-state index contributed by atoms with van der Waals surface area (Å²) in [6.07, 6.45) is 0.452. The van der Waals surface area contributed by atoms with Gasteiger partial charge in [-0.15, -0.1) is 0 Å². The normalized spacial score (nSPS) is 23.5. The number of rotatable bonds is 4. The van der Waals surface area contributed by atoms with E-state index in [-0.39, 0.29) is 23.5 Å². The van der Waals surface area contributed by atoms with E-state index in [2.05, 4.69) is 0 Å². The van der Waals surface area contributed by atoms with E-state index in [4.69, 9.17) is 4.74 Å². The van der Waals surface area contributed by atoms with Crippen LogP contribution in [0.15, 0.2) is 36.4 Å². The molecule has 2 aromatic rings. The predicted octanol–water partition coefficient (Wildman–Crippen LogP) is 8.70. The summed E-state index contributed by atoms with van der Waals surface area (Å²) < 4.78 is 82.0. The Morgan fingerprint density at radius 1 is 0.810 bits per heavy atom. The zero-order chi connectivity index (χ0) is 31.0. The first kappa shape index (κ1) is 32.5. The van der Waals surface area contributed by atoms with Crippen LogP contribution in [0, 0.1) is 10.8 Å². The Kier molecular flexibility index (Phi) is 9.22. The van der Waals surface area contributed by atoms with Gasteiger partial charge < -0.3 is 14.9 Å². The molecule has 232 valence electrons. The second kappa shape index (κ2) is 11.9. The third-order valence-corrected chi connectivity index (χ3v) is 9.36. The number of carbonyl (C=O) groups excluding carboxylic acids is 1. The van der Waals surface area contributed by atoms with Gasteiger partial charge in [0.15, 0.2) is 11.6 Å². The average Bonchev–Trinajstić information content (AvgIpc) is 3.30. The Labute approximate surface area is 242 Å². The summed E-state index contributed by atoms with van der Waals surface area (Å²) in [5.74, 6) is -1.62. The molecule has 2 fully saturated rings. The lowest BCUT2D eigenvalue weighted by atomic mass is 9.67. The number of carbonyl (C=O) groups is 1. The summed E-state index contributed by atoms with van der Waals surface area (Å²) in [4.78, 5) is 12.7. The van der Waals surface area contributed by atoms with Gasteiger partial charge in [0.2, 0.25) is 0 Å². The predicted molar refractivity (Wildman–Crippen MR) is 144 cm³/mol. The number of halogens is 6. The molecule has 1 atom stereocenters. The van der Waals surface area contributed by atoms with Crippen molar-refractivity contribution in [2.24, 2.45) is 10.8 Å². The summed E-state index contributed by atoms with van der Waals surface area (Å²) in [7, 11) is 0. The first-order valence-corrected chi connectivity index (χ1v) is 14.5. The minimum atomic E-state index is -4.47. The Bertz CT molecular complexity index is 1270. The number of hydrogen-bond donors (Lipinski definition) is 2. The molecule has 0 amide bonds. The highest BCUT2D eigenvalue weighted by atomic mass is 19.4. The van der Waals surface area contributed by atoms with Gasteiger partial charge in [-0.1, -0.05) is 64.5 Å². The summed E-state index contributed by atoms with van der Waals surface area (Å²) >= 11 is 0. The topological polar surface area (TPSA) is 66.8 Å². The molecule has 0 spiro atoms. The number of aliphatic hydroxyl groups is 2. The molecule has 0 saturated heterocycles.